The van der Waals surface area contributed by atoms with Crippen molar-refractivity contribution in [2.24, 2.45) is 5.92 Å². The molecule has 162 valence electrons. The fraction of sp³-hybridized carbons (Fsp3) is 0.722. The summed E-state index contributed by atoms with van der Waals surface area (Å²) >= 11 is 0. The Bertz CT molecular complexity index is 752. The zero-order valence-corrected chi connectivity index (χ0v) is 16.4. The van der Waals surface area contributed by atoms with E-state index in [4.69, 9.17) is 9.47 Å². The number of nitrogens with one attached hydrogen (secondary N) is 1. The van der Waals surface area contributed by atoms with Gasteiger partial charge in [-0.2, -0.15) is 18.3 Å². The monoisotopic (exact) mass is 418 g/mol. The molecule has 8 nitrogen and oxygen atoms in total. The van der Waals surface area contributed by atoms with E-state index in [1.807, 2.05) is 0 Å². The number of hydrogen-bond donors (Lipinski definition) is 1. The maximum atomic E-state index is 13.7. The van der Waals surface area contributed by atoms with Crippen LogP contribution in [0.25, 0.3) is 0 Å². The van der Waals surface area contributed by atoms with Crippen molar-refractivity contribution in [3.05, 3.63) is 11.8 Å². The van der Waals surface area contributed by atoms with Gasteiger partial charge >= 0.3 is 12.1 Å². The summed E-state index contributed by atoms with van der Waals surface area (Å²) in [6, 6.07) is -2.41. The Labute approximate surface area is 166 Å². The van der Waals surface area contributed by atoms with E-state index >= 15 is 0 Å². The highest BCUT2D eigenvalue weighted by atomic mass is 19.4. The molecule has 29 heavy (non-hydrogen) atoms. The van der Waals surface area contributed by atoms with Crippen LogP contribution in [0.4, 0.5) is 19.0 Å². The second-order valence-electron chi connectivity index (χ2n) is 7.29. The van der Waals surface area contributed by atoms with E-state index in [0.29, 0.717) is 25.9 Å². The number of aromatic nitrogens is 2. The molecule has 3 heterocycles. The van der Waals surface area contributed by atoms with Crippen LogP contribution in [0.15, 0.2) is 6.20 Å². The number of likely N-dealkylation sites (tertiary alicyclic amines) is 1. The van der Waals surface area contributed by atoms with Crippen LogP contribution in [-0.4, -0.2) is 72.2 Å². The summed E-state index contributed by atoms with van der Waals surface area (Å²) in [4.78, 5) is 25.9. The van der Waals surface area contributed by atoms with Crippen molar-refractivity contribution in [3.8, 4) is 0 Å². The van der Waals surface area contributed by atoms with Crippen molar-refractivity contribution >= 4 is 17.7 Å². The Morgan fingerprint density at radius 3 is 2.79 bits per heavy atom. The van der Waals surface area contributed by atoms with Crippen LogP contribution in [0.2, 0.25) is 0 Å². The quantitative estimate of drug-likeness (QED) is 0.739. The number of nitrogens with zero attached hydrogens (tertiary/aromatic N) is 3. The number of hydrogen-bond acceptors (Lipinski definition) is 6. The first-order valence-electron chi connectivity index (χ1n) is 9.60. The Morgan fingerprint density at radius 1 is 1.38 bits per heavy atom. The van der Waals surface area contributed by atoms with Crippen molar-refractivity contribution in [2.45, 2.75) is 44.4 Å². The van der Waals surface area contributed by atoms with Gasteiger partial charge in [0.1, 0.15) is 18.0 Å². The van der Waals surface area contributed by atoms with E-state index in [-0.39, 0.29) is 42.8 Å². The van der Waals surface area contributed by atoms with E-state index < -0.39 is 24.2 Å². The number of halogens is 3. The number of ether oxygens (including phenoxy) is 2. The van der Waals surface area contributed by atoms with Crippen LogP contribution in [0.3, 0.4) is 0 Å². The molecular weight excluding hydrogens is 393 g/mol. The molecule has 1 amide bonds. The van der Waals surface area contributed by atoms with Crippen molar-refractivity contribution in [1.82, 2.24) is 14.7 Å². The Kier molecular flexibility index (Phi) is 6.35. The number of carbonyl (C=O) groups excluding carboxylic acids is 2. The summed E-state index contributed by atoms with van der Waals surface area (Å²) < 4.78 is 51.9. The summed E-state index contributed by atoms with van der Waals surface area (Å²) in [5.74, 6) is -1.07. The van der Waals surface area contributed by atoms with E-state index in [1.165, 1.54) is 7.11 Å². The molecule has 1 unspecified atom stereocenters. The second-order valence-corrected chi connectivity index (χ2v) is 7.29. The summed E-state index contributed by atoms with van der Waals surface area (Å²) in [6.07, 6.45) is -2.26. The van der Waals surface area contributed by atoms with Gasteiger partial charge in [-0.1, -0.05) is 0 Å². The summed E-state index contributed by atoms with van der Waals surface area (Å²) in [6.45, 7) is 2.56. The zero-order chi connectivity index (χ0) is 21.2. The van der Waals surface area contributed by atoms with E-state index in [0.717, 1.165) is 10.9 Å². The van der Waals surface area contributed by atoms with E-state index in [1.54, 1.807) is 11.8 Å². The highest BCUT2D eigenvalue weighted by Gasteiger charge is 2.48. The molecule has 0 bridgehead atoms. The minimum absolute atomic E-state index is 0.0161. The third kappa shape index (κ3) is 4.49. The molecule has 1 fully saturated rings. The van der Waals surface area contributed by atoms with E-state index in [9.17, 15) is 22.8 Å². The number of methoxy groups -OCH3 is 1. The van der Waals surface area contributed by atoms with Crippen molar-refractivity contribution < 1.29 is 32.2 Å². The molecule has 11 heteroatoms. The fourth-order valence-corrected chi connectivity index (χ4v) is 4.04. The largest absolute Gasteiger partial charge is 0.462 e. The molecule has 0 saturated carbocycles. The van der Waals surface area contributed by atoms with Crippen LogP contribution in [0.1, 0.15) is 42.6 Å². The van der Waals surface area contributed by atoms with Gasteiger partial charge in [0, 0.05) is 26.2 Å². The average Bonchev–Trinajstić information content (AvgIpc) is 3.11. The molecule has 2 aliphatic heterocycles. The average molecular weight is 418 g/mol. The zero-order valence-electron chi connectivity index (χ0n) is 16.4. The molecule has 1 aromatic rings. The maximum absolute atomic E-state index is 13.7. The lowest BCUT2D eigenvalue weighted by molar-refractivity contribution is -0.175. The first-order chi connectivity index (χ1) is 13.8. The molecule has 0 aliphatic carbocycles. The normalized spacial score (nSPS) is 24.6. The first-order valence-corrected chi connectivity index (χ1v) is 9.60. The minimum atomic E-state index is -4.52. The topological polar surface area (TPSA) is 85.7 Å². The number of amides is 1. The summed E-state index contributed by atoms with van der Waals surface area (Å²) in [7, 11) is 1.42. The first kappa shape index (κ1) is 21.4. The lowest BCUT2D eigenvalue weighted by atomic mass is 9.85. The Hall–Kier alpha value is -2.30. The van der Waals surface area contributed by atoms with Crippen LogP contribution in [-0.2, 0) is 14.3 Å². The number of esters is 1. The van der Waals surface area contributed by atoms with Gasteiger partial charge in [0.2, 0.25) is 5.91 Å². The Morgan fingerprint density at radius 2 is 2.14 bits per heavy atom. The molecule has 3 rings (SSSR count). The van der Waals surface area contributed by atoms with Crippen LogP contribution in [0.5, 0.6) is 0 Å². The maximum Gasteiger partial charge on any atom is 0.410 e. The summed E-state index contributed by atoms with van der Waals surface area (Å²) in [5, 5.41) is 6.89. The standard InChI is InChI=1S/C18H25F3N4O4/c1-3-29-17(27)12-8-22-25-14(18(19,20)21)7-13(23-16(12)25)11-5-4-6-24(9-11)15(26)10-28-2/h8,11,13-14,23H,3-7,9-10H2,1-2H3/t11?,13-,14+/m0/s1. The molecule has 1 N–H and O–H groups in total. The molecule has 0 radical (unpaired) electrons. The van der Waals surface area contributed by atoms with E-state index in [2.05, 4.69) is 10.4 Å². The molecule has 1 saturated heterocycles. The predicted octanol–water partition coefficient (Wildman–Crippen LogP) is 2.23. The second kappa shape index (κ2) is 8.60. The summed E-state index contributed by atoms with van der Waals surface area (Å²) in [5.41, 5.74) is -0.0195. The van der Waals surface area contributed by atoms with Crippen LogP contribution in [0, 0.1) is 5.92 Å². The number of anilines is 1. The predicted molar refractivity (Wildman–Crippen MR) is 96.5 cm³/mol. The number of carbonyl (C=O) groups is 2. The third-order valence-electron chi connectivity index (χ3n) is 5.41. The smallest absolute Gasteiger partial charge is 0.410 e. The lowest BCUT2D eigenvalue weighted by Crippen LogP contribution is -2.50. The molecule has 0 aromatic carbocycles. The fourth-order valence-electron chi connectivity index (χ4n) is 4.04. The number of fused-ring (bicyclic) bond motifs is 1. The molecule has 2 aliphatic rings. The van der Waals surface area contributed by atoms with Crippen molar-refractivity contribution in [2.75, 3.05) is 38.7 Å². The SMILES string of the molecule is CCOC(=O)c1cnn2c1N[C@H](C1CCCN(C(=O)COC)C1)C[C@@H]2C(F)(F)F. The Balaban J connectivity index is 1.86. The van der Waals surface area contributed by atoms with Gasteiger partial charge in [0.25, 0.3) is 0 Å². The molecule has 1 aromatic heterocycles. The van der Waals surface area contributed by atoms with Gasteiger partial charge in [-0.3, -0.25) is 4.79 Å². The van der Waals surface area contributed by atoms with Gasteiger partial charge in [-0.05, 0) is 32.1 Å². The lowest BCUT2D eigenvalue weighted by Gasteiger charge is -2.41. The van der Waals surface area contributed by atoms with Crippen LogP contribution < -0.4 is 5.32 Å². The van der Waals surface area contributed by atoms with Gasteiger partial charge in [0.15, 0.2) is 6.04 Å². The highest BCUT2D eigenvalue weighted by Crippen LogP contribution is 2.42. The number of piperidine rings is 1. The third-order valence-corrected chi connectivity index (χ3v) is 5.41. The van der Waals surface area contributed by atoms with Crippen molar-refractivity contribution in [1.29, 1.82) is 0 Å². The minimum Gasteiger partial charge on any atom is -0.462 e. The molecular formula is C18H25F3N4O4. The number of alkyl halides is 3. The molecule has 0 spiro atoms. The number of rotatable bonds is 5. The van der Waals surface area contributed by atoms with Crippen LogP contribution >= 0.6 is 0 Å². The van der Waals surface area contributed by atoms with Gasteiger partial charge in [-0.15, -0.1) is 0 Å². The molecule has 3 atom stereocenters. The highest BCUT2D eigenvalue weighted by molar-refractivity contribution is 5.94. The van der Waals surface area contributed by atoms with Gasteiger partial charge in [-0.25, -0.2) is 9.48 Å². The van der Waals surface area contributed by atoms with Gasteiger partial charge < -0.3 is 19.7 Å². The van der Waals surface area contributed by atoms with Crippen molar-refractivity contribution in [3.63, 3.8) is 0 Å². The van der Waals surface area contributed by atoms with Gasteiger partial charge in [0.05, 0.1) is 12.8 Å².